The van der Waals surface area contributed by atoms with Gasteiger partial charge in [0.1, 0.15) is 5.75 Å². The van der Waals surface area contributed by atoms with Gasteiger partial charge in [-0.2, -0.15) is 0 Å². The Morgan fingerprint density at radius 2 is 2.03 bits per heavy atom. The second kappa shape index (κ2) is 9.59. The van der Waals surface area contributed by atoms with Gasteiger partial charge in [-0.25, -0.2) is 13.1 Å². The summed E-state index contributed by atoms with van der Waals surface area (Å²) in [5.74, 6) is 0.420. The van der Waals surface area contributed by atoms with Gasteiger partial charge < -0.3 is 14.4 Å². The van der Waals surface area contributed by atoms with Crippen LogP contribution in [0.2, 0.25) is 0 Å². The molecule has 162 valence electrons. The summed E-state index contributed by atoms with van der Waals surface area (Å²) in [5.41, 5.74) is 1.18. The molecule has 1 heterocycles. The number of nitrogens with zero attached hydrogens (tertiary/aromatic N) is 1. The van der Waals surface area contributed by atoms with Gasteiger partial charge in [-0.1, -0.05) is 24.3 Å². The van der Waals surface area contributed by atoms with Crippen LogP contribution in [0.3, 0.4) is 0 Å². The molecular weight excluding hydrogens is 404 g/mol. The average Bonchev–Trinajstić information content (AvgIpc) is 3.30. The molecule has 0 bridgehead atoms. The number of amides is 1. The van der Waals surface area contributed by atoms with Crippen molar-refractivity contribution in [1.82, 2.24) is 9.62 Å². The maximum atomic E-state index is 13.1. The number of rotatable bonds is 8. The number of benzene rings is 2. The van der Waals surface area contributed by atoms with Crippen LogP contribution >= 0.6 is 0 Å². The van der Waals surface area contributed by atoms with Crippen LogP contribution in [0.5, 0.6) is 5.75 Å². The summed E-state index contributed by atoms with van der Waals surface area (Å²) in [5, 5.41) is 0. The first-order chi connectivity index (χ1) is 14.3. The summed E-state index contributed by atoms with van der Waals surface area (Å²) in [4.78, 5) is 14.7. The molecule has 1 aliphatic rings. The van der Waals surface area contributed by atoms with Crippen molar-refractivity contribution in [2.75, 3.05) is 27.3 Å². The van der Waals surface area contributed by atoms with E-state index in [0.29, 0.717) is 17.9 Å². The largest absolute Gasteiger partial charge is 0.496 e. The molecule has 8 heteroatoms. The molecule has 2 aromatic carbocycles. The molecule has 30 heavy (non-hydrogen) atoms. The predicted octanol–water partition coefficient (Wildman–Crippen LogP) is 2.99. The van der Waals surface area contributed by atoms with Crippen molar-refractivity contribution in [2.45, 2.75) is 36.8 Å². The van der Waals surface area contributed by atoms with Crippen LogP contribution < -0.4 is 9.46 Å². The first-order valence-corrected chi connectivity index (χ1v) is 11.4. The van der Waals surface area contributed by atoms with Crippen LogP contribution in [0, 0.1) is 0 Å². The number of ether oxygens (including phenoxy) is 2. The minimum atomic E-state index is -3.73. The van der Waals surface area contributed by atoms with Crippen molar-refractivity contribution in [1.29, 1.82) is 0 Å². The zero-order valence-corrected chi connectivity index (χ0v) is 18.3. The number of sulfonamides is 1. The van der Waals surface area contributed by atoms with Gasteiger partial charge in [-0.05, 0) is 44.0 Å². The highest BCUT2D eigenvalue weighted by molar-refractivity contribution is 7.89. The Morgan fingerprint density at radius 1 is 1.27 bits per heavy atom. The average molecular weight is 433 g/mol. The smallest absolute Gasteiger partial charge is 0.254 e. The second-order valence-electron chi connectivity index (χ2n) is 7.35. The minimum absolute atomic E-state index is 0.0599. The number of hydrogen-bond donors (Lipinski definition) is 1. The topological polar surface area (TPSA) is 84.9 Å². The van der Waals surface area contributed by atoms with Gasteiger partial charge in [-0.3, -0.25) is 4.79 Å². The van der Waals surface area contributed by atoms with Crippen molar-refractivity contribution in [3.05, 3.63) is 59.7 Å². The molecule has 0 aromatic heterocycles. The molecule has 1 aliphatic heterocycles. The van der Waals surface area contributed by atoms with E-state index in [2.05, 4.69) is 4.72 Å². The van der Waals surface area contributed by atoms with Crippen molar-refractivity contribution < 1.29 is 22.7 Å². The molecule has 0 aliphatic carbocycles. The number of methoxy groups -OCH3 is 1. The first kappa shape index (κ1) is 22.3. The summed E-state index contributed by atoms with van der Waals surface area (Å²) in [6.07, 6.45) is 1.68. The Kier molecular flexibility index (Phi) is 7.12. The number of hydrogen-bond acceptors (Lipinski definition) is 5. The second-order valence-corrected chi connectivity index (χ2v) is 9.12. The van der Waals surface area contributed by atoms with E-state index in [1.807, 2.05) is 31.2 Å². The lowest BCUT2D eigenvalue weighted by atomic mass is 10.0. The fourth-order valence-electron chi connectivity index (χ4n) is 3.49. The summed E-state index contributed by atoms with van der Waals surface area (Å²) in [7, 11) is -0.454. The standard InChI is InChI=1S/C22H28N2O5S/c1-16(20-11-4-5-12-21(20)28-3)24(2)22(25)17-8-6-10-19(14-17)30(26,27)23-15-18-9-7-13-29-18/h4-6,8,10-12,14,16,18,23H,7,9,13,15H2,1-3H3. The van der Waals surface area contributed by atoms with E-state index < -0.39 is 10.0 Å². The molecule has 1 N–H and O–H groups in total. The third-order valence-corrected chi connectivity index (χ3v) is 6.83. The van der Waals surface area contributed by atoms with Gasteiger partial charge in [0.25, 0.3) is 5.91 Å². The quantitative estimate of drug-likeness (QED) is 0.693. The molecule has 1 fully saturated rings. The third kappa shape index (κ3) is 5.00. The van der Waals surface area contributed by atoms with Crippen LogP contribution in [-0.2, 0) is 14.8 Å². The molecule has 2 unspecified atom stereocenters. The Hall–Kier alpha value is -2.42. The SMILES string of the molecule is COc1ccccc1C(C)N(C)C(=O)c1cccc(S(=O)(=O)NCC2CCCO2)c1. The van der Waals surface area contributed by atoms with E-state index in [1.54, 1.807) is 31.2 Å². The van der Waals surface area contributed by atoms with Gasteiger partial charge in [0.2, 0.25) is 10.0 Å². The van der Waals surface area contributed by atoms with E-state index in [9.17, 15) is 13.2 Å². The molecule has 0 radical (unpaired) electrons. The van der Waals surface area contributed by atoms with Crippen LogP contribution in [-0.4, -0.2) is 52.6 Å². The monoisotopic (exact) mass is 432 g/mol. The van der Waals surface area contributed by atoms with Crippen LogP contribution in [0.25, 0.3) is 0 Å². The fraction of sp³-hybridized carbons (Fsp3) is 0.409. The molecule has 0 saturated carbocycles. The number of carbonyl (C=O) groups is 1. The Labute approximate surface area is 178 Å². The minimum Gasteiger partial charge on any atom is -0.496 e. The predicted molar refractivity (Wildman–Crippen MR) is 114 cm³/mol. The van der Waals surface area contributed by atoms with Gasteiger partial charge in [-0.15, -0.1) is 0 Å². The van der Waals surface area contributed by atoms with E-state index in [-0.39, 0.29) is 29.5 Å². The summed E-state index contributed by atoms with van der Waals surface area (Å²) >= 11 is 0. The lowest BCUT2D eigenvalue weighted by Gasteiger charge is -2.27. The van der Waals surface area contributed by atoms with Crippen molar-refractivity contribution in [3.63, 3.8) is 0 Å². The number of carbonyl (C=O) groups excluding carboxylic acids is 1. The van der Waals surface area contributed by atoms with E-state index in [4.69, 9.17) is 9.47 Å². The van der Waals surface area contributed by atoms with E-state index >= 15 is 0 Å². The molecule has 7 nitrogen and oxygen atoms in total. The van der Waals surface area contributed by atoms with Crippen molar-refractivity contribution >= 4 is 15.9 Å². The van der Waals surface area contributed by atoms with Crippen molar-refractivity contribution in [2.24, 2.45) is 0 Å². The Morgan fingerprint density at radius 3 is 2.73 bits per heavy atom. The Bertz CT molecular complexity index is 987. The van der Waals surface area contributed by atoms with Crippen LogP contribution in [0.4, 0.5) is 0 Å². The van der Waals surface area contributed by atoms with Crippen LogP contribution in [0.15, 0.2) is 53.4 Å². The van der Waals surface area contributed by atoms with Crippen LogP contribution in [0.1, 0.15) is 41.7 Å². The maximum Gasteiger partial charge on any atom is 0.254 e. The van der Waals surface area contributed by atoms with Crippen molar-refractivity contribution in [3.8, 4) is 5.75 Å². The van der Waals surface area contributed by atoms with Gasteiger partial charge >= 0.3 is 0 Å². The van der Waals surface area contributed by atoms with E-state index in [0.717, 1.165) is 18.4 Å². The zero-order valence-electron chi connectivity index (χ0n) is 17.5. The highest BCUT2D eigenvalue weighted by atomic mass is 32.2. The molecule has 2 atom stereocenters. The number of nitrogens with one attached hydrogen (secondary N) is 1. The molecule has 1 amide bonds. The normalized spacial score (nSPS) is 17.5. The lowest BCUT2D eigenvalue weighted by molar-refractivity contribution is 0.0741. The number of para-hydroxylation sites is 1. The maximum absolute atomic E-state index is 13.1. The Balaban J connectivity index is 1.76. The molecule has 1 saturated heterocycles. The summed E-state index contributed by atoms with van der Waals surface area (Å²) in [6, 6.07) is 13.3. The third-order valence-electron chi connectivity index (χ3n) is 5.41. The van der Waals surface area contributed by atoms with Gasteiger partial charge in [0.15, 0.2) is 0 Å². The van der Waals surface area contributed by atoms with Gasteiger partial charge in [0, 0.05) is 31.3 Å². The van der Waals surface area contributed by atoms with Gasteiger partial charge in [0.05, 0.1) is 24.2 Å². The first-order valence-electron chi connectivity index (χ1n) is 9.95. The van der Waals surface area contributed by atoms with E-state index in [1.165, 1.54) is 12.1 Å². The lowest BCUT2D eigenvalue weighted by Crippen LogP contribution is -2.32. The summed E-state index contributed by atoms with van der Waals surface area (Å²) < 4.78 is 38.8. The summed E-state index contributed by atoms with van der Waals surface area (Å²) in [6.45, 7) is 2.79. The highest BCUT2D eigenvalue weighted by Gasteiger charge is 2.24. The fourth-order valence-corrected chi connectivity index (χ4v) is 4.60. The zero-order chi connectivity index (χ0) is 21.7. The molecule has 0 spiro atoms. The highest BCUT2D eigenvalue weighted by Crippen LogP contribution is 2.29. The molecule has 3 rings (SSSR count). The molecule has 2 aromatic rings. The molecular formula is C22H28N2O5S.